The largest absolute Gasteiger partial charge is 0.339 e. The molecule has 0 unspecified atom stereocenters. The fourth-order valence-corrected chi connectivity index (χ4v) is 4.71. The van der Waals surface area contributed by atoms with Gasteiger partial charge in [-0.3, -0.25) is 14.2 Å². The van der Waals surface area contributed by atoms with Crippen molar-refractivity contribution in [2.45, 2.75) is 44.6 Å². The van der Waals surface area contributed by atoms with Crippen LogP contribution in [-0.4, -0.2) is 63.2 Å². The summed E-state index contributed by atoms with van der Waals surface area (Å²) >= 11 is 7.45. The minimum Gasteiger partial charge on any atom is -0.339 e. The quantitative estimate of drug-likeness (QED) is 0.513. The Kier molecular flexibility index (Phi) is 7.24. The fourth-order valence-electron chi connectivity index (χ4n) is 3.54. The molecule has 3 rings (SSSR count). The summed E-state index contributed by atoms with van der Waals surface area (Å²) in [7, 11) is 0. The Morgan fingerprint density at radius 1 is 1.21 bits per heavy atom. The average Bonchev–Trinajstić information content (AvgIpc) is 2.70. The van der Waals surface area contributed by atoms with Gasteiger partial charge in [-0.15, -0.1) is 0 Å². The van der Waals surface area contributed by atoms with Crippen LogP contribution >= 0.6 is 23.4 Å². The number of carbonyl (C=O) groups excluding carboxylic acids is 1. The second-order valence-electron chi connectivity index (χ2n) is 7.89. The predicted octanol–water partition coefficient (Wildman–Crippen LogP) is 3.35. The molecule has 6 nitrogen and oxygen atoms in total. The van der Waals surface area contributed by atoms with Gasteiger partial charge in [0.15, 0.2) is 5.16 Å². The predicted molar refractivity (Wildman–Crippen MR) is 120 cm³/mol. The van der Waals surface area contributed by atoms with Crippen LogP contribution in [0.5, 0.6) is 0 Å². The number of amides is 1. The van der Waals surface area contributed by atoms with E-state index in [1.54, 1.807) is 22.8 Å². The highest BCUT2D eigenvalue weighted by Gasteiger charge is 2.26. The smallest absolute Gasteiger partial charge is 0.262 e. The van der Waals surface area contributed by atoms with Crippen LogP contribution in [0.2, 0.25) is 5.02 Å². The van der Waals surface area contributed by atoms with E-state index >= 15 is 0 Å². The van der Waals surface area contributed by atoms with Crippen molar-refractivity contribution >= 4 is 40.2 Å². The molecule has 8 heteroatoms. The summed E-state index contributed by atoms with van der Waals surface area (Å²) < 4.78 is 1.69. The molecule has 0 bridgehead atoms. The Balaban J connectivity index is 1.87. The van der Waals surface area contributed by atoms with Gasteiger partial charge in [-0.05, 0) is 37.6 Å². The zero-order valence-electron chi connectivity index (χ0n) is 17.5. The molecule has 0 N–H and O–H groups in total. The number of aromatic nitrogens is 2. The lowest BCUT2D eigenvalue weighted by Gasteiger charge is -2.35. The zero-order chi connectivity index (χ0) is 21.1. The van der Waals surface area contributed by atoms with Gasteiger partial charge in [-0.2, -0.15) is 0 Å². The number of halogens is 1. The first-order valence-corrected chi connectivity index (χ1v) is 11.4. The van der Waals surface area contributed by atoms with E-state index in [0.717, 1.165) is 32.7 Å². The first-order chi connectivity index (χ1) is 13.8. The van der Waals surface area contributed by atoms with E-state index in [1.165, 1.54) is 11.8 Å². The van der Waals surface area contributed by atoms with Gasteiger partial charge in [0.05, 0.1) is 16.2 Å². The van der Waals surface area contributed by atoms with Gasteiger partial charge < -0.3 is 9.80 Å². The number of hydrogen-bond acceptors (Lipinski definition) is 5. The second kappa shape index (κ2) is 9.49. The number of nitrogens with zero attached hydrogens (tertiary/aromatic N) is 4. The molecule has 1 aromatic carbocycles. The Bertz CT molecular complexity index is 938. The molecule has 158 valence electrons. The van der Waals surface area contributed by atoms with Crippen molar-refractivity contribution in [1.29, 1.82) is 0 Å². The Morgan fingerprint density at radius 3 is 2.52 bits per heavy atom. The summed E-state index contributed by atoms with van der Waals surface area (Å²) in [6.07, 6.45) is 0. The van der Waals surface area contributed by atoms with Crippen LogP contribution in [0.1, 0.15) is 27.7 Å². The molecule has 1 aromatic heterocycles. The van der Waals surface area contributed by atoms with Crippen molar-refractivity contribution in [2.75, 3.05) is 32.7 Å². The second-order valence-corrected chi connectivity index (χ2v) is 9.63. The number of hydrogen-bond donors (Lipinski definition) is 0. The molecular weight excluding hydrogens is 408 g/mol. The van der Waals surface area contributed by atoms with E-state index in [2.05, 4.69) is 25.7 Å². The number of likely N-dealkylation sites (N-methyl/N-ethyl adjacent to an activating group) is 1. The van der Waals surface area contributed by atoms with Crippen LogP contribution in [-0.2, 0) is 11.3 Å². The molecule has 2 heterocycles. The summed E-state index contributed by atoms with van der Waals surface area (Å²) in [6, 6.07) is 5.16. The molecule has 1 saturated heterocycles. The number of carbonyl (C=O) groups is 1. The van der Waals surface area contributed by atoms with Crippen LogP contribution in [0.15, 0.2) is 28.2 Å². The SMILES string of the molecule is CCN1CCN(C(=O)[C@H](C)Sc2nc3ccc(Cl)cc3c(=O)n2CC(C)C)CC1. The number of rotatable bonds is 6. The summed E-state index contributed by atoms with van der Waals surface area (Å²) in [5.74, 6) is 0.380. The number of piperazine rings is 1. The molecular formula is C21H29ClN4O2S. The zero-order valence-corrected chi connectivity index (χ0v) is 19.1. The lowest BCUT2D eigenvalue weighted by Crippen LogP contribution is -2.50. The highest BCUT2D eigenvalue weighted by Crippen LogP contribution is 2.26. The molecule has 1 amide bonds. The van der Waals surface area contributed by atoms with Crippen molar-refractivity contribution in [2.24, 2.45) is 5.92 Å². The van der Waals surface area contributed by atoms with E-state index in [1.807, 2.05) is 11.8 Å². The van der Waals surface area contributed by atoms with Crippen LogP contribution < -0.4 is 5.56 Å². The normalized spacial score (nSPS) is 16.6. The van der Waals surface area contributed by atoms with Crippen LogP contribution in [0, 0.1) is 5.92 Å². The van der Waals surface area contributed by atoms with Gasteiger partial charge in [0, 0.05) is 37.7 Å². The number of fused-ring (bicyclic) bond motifs is 1. The summed E-state index contributed by atoms with van der Waals surface area (Å²) in [5, 5.41) is 1.31. The average molecular weight is 437 g/mol. The van der Waals surface area contributed by atoms with E-state index in [0.29, 0.717) is 27.6 Å². The van der Waals surface area contributed by atoms with Crippen molar-refractivity contribution in [3.05, 3.63) is 33.6 Å². The lowest BCUT2D eigenvalue weighted by molar-refractivity contribution is -0.132. The summed E-state index contributed by atoms with van der Waals surface area (Å²) in [5.41, 5.74) is 0.503. The fraction of sp³-hybridized carbons (Fsp3) is 0.571. The van der Waals surface area contributed by atoms with E-state index in [9.17, 15) is 9.59 Å². The molecule has 1 aliphatic heterocycles. The van der Waals surface area contributed by atoms with Crippen molar-refractivity contribution in [3.8, 4) is 0 Å². The van der Waals surface area contributed by atoms with Crippen molar-refractivity contribution in [1.82, 2.24) is 19.4 Å². The minimum absolute atomic E-state index is 0.104. The van der Waals surface area contributed by atoms with E-state index < -0.39 is 0 Å². The van der Waals surface area contributed by atoms with Gasteiger partial charge in [-0.1, -0.05) is 44.1 Å². The third-order valence-corrected chi connectivity index (χ3v) is 6.50. The molecule has 0 radical (unpaired) electrons. The maximum Gasteiger partial charge on any atom is 0.262 e. The van der Waals surface area contributed by atoms with E-state index in [-0.39, 0.29) is 22.6 Å². The Hall–Kier alpha value is -1.57. The van der Waals surface area contributed by atoms with Gasteiger partial charge in [0.25, 0.3) is 5.56 Å². The lowest BCUT2D eigenvalue weighted by atomic mass is 10.2. The maximum atomic E-state index is 13.1. The maximum absolute atomic E-state index is 13.1. The summed E-state index contributed by atoms with van der Waals surface area (Å²) in [4.78, 5) is 35.1. The minimum atomic E-state index is -0.307. The third kappa shape index (κ3) is 5.13. The first kappa shape index (κ1) is 22.1. The molecule has 2 aromatic rings. The molecule has 0 spiro atoms. The monoisotopic (exact) mass is 436 g/mol. The van der Waals surface area contributed by atoms with Crippen molar-refractivity contribution < 1.29 is 4.79 Å². The third-order valence-electron chi connectivity index (χ3n) is 5.19. The van der Waals surface area contributed by atoms with Gasteiger partial charge in [0.2, 0.25) is 5.91 Å². The highest BCUT2D eigenvalue weighted by molar-refractivity contribution is 8.00. The van der Waals surface area contributed by atoms with Gasteiger partial charge >= 0.3 is 0 Å². The van der Waals surface area contributed by atoms with E-state index in [4.69, 9.17) is 16.6 Å². The number of thioether (sulfide) groups is 1. The van der Waals surface area contributed by atoms with Crippen LogP contribution in [0.25, 0.3) is 10.9 Å². The molecule has 1 aliphatic rings. The Morgan fingerprint density at radius 2 is 1.90 bits per heavy atom. The standard InChI is InChI=1S/C21H29ClN4O2S/c1-5-24-8-10-25(11-9-24)19(27)15(4)29-21-23-18-7-6-16(22)12-17(18)20(28)26(21)13-14(2)3/h6-7,12,14-15H,5,8-11,13H2,1-4H3/t15-/m0/s1. The topological polar surface area (TPSA) is 58.4 Å². The highest BCUT2D eigenvalue weighted by atomic mass is 35.5. The Labute approximate surface area is 181 Å². The van der Waals surface area contributed by atoms with Crippen LogP contribution in [0.3, 0.4) is 0 Å². The molecule has 0 aliphatic carbocycles. The summed E-state index contributed by atoms with van der Waals surface area (Å²) in [6.45, 7) is 13.0. The molecule has 0 saturated carbocycles. The van der Waals surface area contributed by atoms with Gasteiger partial charge in [-0.25, -0.2) is 4.98 Å². The first-order valence-electron chi connectivity index (χ1n) is 10.2. The molecule has 29 heavy (non-hydrogen) atoms. The molecule has 1 atom stereocenters. The number of benzene rings is 1. The van der Waals surface area contributed by atoms with Gasteiger partial charge in [0.1, 0.15) is 0 Å². The van der Waals surface area contributed by atoms with Crippen LogP contribution in [0.4, 0.5) is 0 Å². The molecule has 1 fully saturated rings. The van der Waals surface area contributed by atoms with Crippen molar-refractivity contribution in [3.63, 3.8) is 0 Å².